The van der Waals surface area contributed by atoms with Gasteiger partial charge < -0.3 is 15.5 Å². The van der Waals surface area contributed by atoms with Gasteiger partial charge in [0.15, 0.2) is 5.82 Å². The average Bonchev–Trinajstić information content (AvgIpc) is 2.56. The van der Waals surface area contributed by atoms with Crippen LogP contribution in [0.3, 0.4) is 0 Å². The lowest BCUT2D eigenvalue weighted by molar-refractivity contribution is 0.628. The van der Waals surface area contributed by atoms with E-state index in [1.807, 2.05) is 43.3 Å². The number of aromatic nitrogens is 3. The van der Waals surface area contributed by atoms with Crippen molar-refractivity contribution in [1.29, 1.82) is 0 Å². The fourth-order valence-electron chi connectivity index (χ4n) is 2.10. The molecule has 1 heterocycles. The van der Waals surface area contributed by atoms with E-state index in [4.69, 9.17) is 0 Å². The van der Waals surface area contributed by atoms with Gasteiger partial charge in [-0.25, -0.2) is 4.39 Å². The summed E-state index contributed by atoms with van der Waals surface area (Å²) in [5.41, 5.74) is 2.55. The molecule has 3 rings (SSSR count). The van der Waals surface area contributed by atoms with Gasteiger partial charge in [-0.05, 0) is 42.5 Å². The molecule has 2 aromatic carbocycles. The summed E-state index contributed by atoms with van der Waals surface area (Å²) in [5.74, 6) is 0.500. The molecule has 0 amide bonds. The topological polar surface area (TPSA) is 66.0 Å². The number of hydrogen-bond acceptors (Lipinski definition) is 6. The standard InChI is InChI=1S/C17H17FN6/c1-24(2)15-8-6-13(7-9-15)20-16-11-19-23-17(22-16)21-14-5-3-4-12(18)10-14/h3-11H,1-2H3,(H2,20,21,22,23). The van der Waals surface area contributed by atoms with E-state index >= 15 is 0 Å². The highest BCUT2D eigenvalue weighted by Gasteiger charge is 2.03. The molecule has 0 unspecified atom stereocenters. The predicted molar refractivity (Wildman–Crippen MR) is 93.6 cm³/mol. The molecule has 3 aromatic rings. The third-order valence-electron chi connectivity index (χ3n) is 3.30. The Morgan fingerprint density at radius 1 is 0.958 bits per heavy atom. The van der Waals surface area contributed by atoms with Crippen LogP contribution in [0.5, 0.6) is 0 Å². The van der Waals surface area contributed by atoms with Crippen LogP contribution in [-0.2, 0) is 0 Å². The van der Waals surface area contributed by atoms with Gasteiger partial charge in [0.25, 0.3) is 0 Å². The Kier molecular flexibility index (Phi) is 4.51. The van der Waals surface area contributed by atoms with Crippen LogP contribution in [0.4, 0.5) is 33.2 Å². The molecule has 6 nitrogen and oxygen atoms in total. The number of anilines is 5. The lowest BCUT2D eigenvalue weighted by Gasteiger charge is -2.13. The molecule has 1 aromatic heterocycles. The average molecular weight is 324 g/mol. The Bertz CT molecular complexity index is 819. The lowest BCUT2D eigenvalue weighted by atomic mass is 10.2. The van der Waals surface area contributed by atoms with Crippen LogP contribution >= 0.6 is 0 Å². The fraction of sp³-hybridized carbons (Fsp3) is 0.118. The summed E-state index contributed by atoms with van der Waals surface area (Å²) in [6.45, 7) is 0. The van der Waals surface area contributed by atoms with Crippen molar-refractivity contribution in [3.05, 3.63) is 60.5 Å². The maximum absolute atomic E-state index is 13.2. The van der Waals surface area contributed by atoms with E-state index in [9.17, 15) is 4.39 Å². The second kappa shape index (κ2) is 6.91. The maximum Gasteiger partial charge on any atom is 0.249 e. The summed E-state index contributed by atoms with van der Waals surface area (Å²) in [4.78, 5) is 6.35. The lowest BCUT2D eigenvalue weighted by Crippen LogP contribution is -2.08. The first-order valence-corrected chi connectivity index (χ1v) is 7.37. The zero-order valence-corrected chi connectivity index (χ0v) is 13.4. The minimum absolute atomic E-state index is 0.288. The Hall–Kier alpha value is -3.22. The van der Waals surface area contributed by atoms with Crippen LogP contribution in [-0.4, -0.2) is 29.3 Å². The van der Waals surface area contributed by atoms with Gasteiger partial charge in [0, 0.05) is 31.2 Å². The van der Waals surface area contributed by atoms with Crippen LogP contribution in [0.25, 0.3) is 0 Å². The van der Waals surface area contributed by atoms with E-state index in [1.165, 1.54) is 18.3 Å². The first-order valence-electron chi connectivity index (χ1n) is 7.37. The van der Waals surface area contributed by atoms with Gasteiger partial charge in [-0.3, -0.25) is 0 Å². The van der Waals surface area contributed by atoms with Crippen molar-refractivity contribution in [3.63, 3.8) is 0 Å². The third-order valence-corrected chi connectivity index (χ3v) is 3.30. The molecule has 0 fully saturated rings. The second-order valence-electron chi connectivity index (χ2n) is 5.37. The maximum atomic E-state index is 13.2. The van der Waals surface area contributed by atoms with E-state index < -0.39 is 0 Å². The highest BCUT2D eigenvalue weighted by Crippen LogP contribution is 2.20. The molecule has 7 heteroatoms. The summed E-state index contributed by atoms with van der Waals surface area (Å²) < 4.78 is 13.2. The molecule has 24 heavy (non-hydrogen) atoms. The Balaban J connectivity index is 1.73. The van der Waals surface area contributed by atoms with Crippen molar-refractivity contribution in [2.45, 2.75) is 0 Å². The van der Waals surface area contributed by atoms with Crippen LogP contribution < -0.4 is 15.5 Å². The number of nitrogens with zero attached hydrogens (tertiary/aromatic N) is 4. The summed E-state index contributed by atoms with van der Waals surface area (Å²) in [7, 11) is 3.97. The van der Waals surface area contributed by atoms with E-state index in [1.54, 1.807) is 12.1 Å². The normalized spacial score (nSPS) is 10.3. The van der Waals surface area contributed by atoms with Crippen LogP contribution in [0.2, 0.25) is 0 Å². The summed E-state index contributed by atoms with van der Waals surface area (Å²) in [5, 5.41) is 13.9. The van der Waals surface area contributed by atoms with Gasteiger partial charge >= 0.3 is 0 Å². The molecule has 0 saturated carbocycles. The van der Waals surface area contributed by atoms with Crippen molar-refractivity contribution in [1.82, 2.24) is 15.2 Å². The van der Waals surface area contributed by atoms with Crippen LogP contribution in [0, 0.1) is 5.82 Å². The molecule has 0 radical (unpaired) electrons. The SMILES string of the molecule is CN(C)c1ccc(Nc2cnnc(Nc3cccc(F)c3)n2)cc1. The fourth-order valence-corrected chi connectivity index (χ4v) is 2.10. The molecule has 0 bridgehead atoms. The monoisotopic (exact) mass is 324 g/mol. The van der Waals surface area contributed by atoms with Crippen LogP contribution in [0.1, 0.15) is 0 Å². The molecule has 2 N–H and O–H groups in total. The minimum atomic E-state index is -0.330. The van der Waals surface area contributed by atoms with Gasteiger partial charge in [0.2, 0.25) is 5.95 Å². The molecule has 0 spiro atoms. The van der Waals surface area contributed by atoms with Gasteiger partial charge in [-0.1, -0.05) is 6.07 Å². The number of nitrogens with one attached hydrogen (secondary N) is 2. The summed E-state index contributed by atoms with van der Waals surface area (Å²) >= 11 is 0. The van der Waals surface area contributed by atoms with E-state index in [0.717, 1.165) is 11.4 Å². The molecule has 0 aliphatic rings. The molecule has 0 saturated heterocycles. The smallest absolute Gasteiger partial charge is 0.249 e. The number of hydrogen-bond donors (Lipinski definition) is 2. The van der Waals surface area contributed by atoms with E-state index in [0.29, 0.717) is 11.5 Å². The first-order chi connectivity index (χ1) is 11.6. The van der Waals surface area contributed by atoms with Crippen molar-refractivity contribution < 1.29 is 4.39 Å². The minimum Gasteiger partial charge on any atom is -0.378 e. The molecular formula is C17H17FN6. The van der Waals surface area contributed by atoms with Gasteiger partial charge in [0.05, 0.1) is 6.20 Å². The van der Waals surface area contributed by atoms with E-state index in [-0.39, 0.29) is 11.8 Å². The van der Waals surface area contributed by atoms with Crippen molar-refractivity contribution in [3.8, 4) is 0 Å². The Morgan fingerprint density at radius 3 is 2.46 bits per heavy atom. The summed E-state index contributed by atoms with van der Waals surface area (Å²) in [6.07, 6.45) is 1.52. The predicted octanol–water partition coefficient (Wildman–Crippen LogP) is 3.56. The van der Waals surface area contributed by atoms with Crippen molar-refractivity contribution in [2.75, 3.05) is 29.6 Å². The largest absolute Gasteiger partial charge is 0.378 e. The molecule has 0 aliphatic carbocycles. The second-order valence-corrected chi connectivity index (χ2v) is 5.37. The molecule has 122 valence electrons. The number of rotatable bonds is 5. The van der Waals surface area contributed by atoms with Crippen molar-refractivity contribution in [2.24, 2.45) is 0 Å². The highest BCUT2D eigenvalue weighted by molar-refractivity contribution is 5.61. The molecule has 0 atom stereocenters. The number of halogens is 1. The molecule has 0 aliphatic heterocycles. The van der Waals surface area contributed by atoms with Gasteiger partial charge in [-0.15, -0.1) is 5.10 Å². The molecular weight excluding hydrogens is 307 g/mol. The quantitative estimate of drug-likeness (QED) is 0.748. The van der Waals surface area contributed by atoms with Gasteiger partial charge in [0.1, 0.15) is 5.82 Å². The van der Waals surface area contributed by atoms with Gasteiger partial charge in [-0.2, -0.15) is 10.1 Å². The summed E-state index contributed by atoms with van der Waals surface area (Å²) in [6, 6.07) is 14.0. The zero-order chi connectivity index (χ0) is 16.9. The Labute approximate surface area is 139 Å². The Morgan fingerprint density at radius 2 is 1.75 bits per heavy atom. The van der Waals surface area contributed by atoms with E-state index in [2.05, 4.69) is 25.8 Å². The number of benzene rings is 2. The zero-order valence-electron chi connectivity index (χ0n) is 13.4. The third kappa shape index (κ3) is 3.95. The van der Waals surface area contributed by atoms with Crippen LogP contribution in [0.15, 0.2) is 54.7 Å². The van der Waals surface area contributed by atoms with Crippen molar-refractivity contribution >= 4 is 28.8 Å². The first kappa shape index (κ1) is 15.7. The highest BCUT2D eigenvalue weighted by atomic mass is 19.1.